The molecule has 0 bridgehead atoms. The van der Waals surface area contributed by atoms with Crippen molar-refractivity contribution >= 4 is 11.9 Å². The maximum Gasteiger partial charge on any atom is 0.325 e. The lowest BCUT2D eigenvalue weighted by atomic mass is 10.2. The summed E-state index contributed by atoms with van der Waals surface area (Å²) in [7, 11) is 1.56. The van der Waals surface area contributed by atoms with Gasteiger partial charge in [0, 0.05) is 7.05 Å². The number of para-hydroxylation sites is 1. The van der Waals surface area contributed by atoms with Gasteiger partial charge in [0.05, 0.1) is 18.8 Å². The molecule has 0 saturated heterocycles. The fourth-order valence-corrected chi connectivity index (χ4v) is 1.60. The predicted molar refractivity (Wildman–Crippen MR) is 71.2 cm³/mol. The average molecular weight is 265 g/mol. The van der Waals surface area contributed by atoms with Crippen LogP contribution in [0, 0.1) is 0 Å². The van der Waals surface area contributed by atoms with Gasteiger partial charge in [-0.05, 0) is 26.0 Å². The van der Waals surface area contributed by atoms with Crippen LogP contribution in [0.3, 0.4) is 0 Å². The highest BCUT2D eigenvalue weighted by Crippen LogP contribution is 2.19. The number of benzene rings is 1. The van der Waals surface area contributed by atoms with Crippen LogP contribution in [0.5, 0.6) is 5.75 Å². The highest BCUT2D eigenvalue weighted by molar-refractivity contribution is 5.98. The Morgan fingerprint density at radius 2 is 1.84 bits per heavy atom. The Hall–Kier alpha value is -2.04. The second kappa shape index (κ2) is 7.41. The van der Waals surface area contributed by atoms with Crippen molar-refractivity contribution < 1.29 is 19.1 Å². The number of carbonyl (C=O) groups excluding carboxylic acids is 2. The minimum absolute atomic E-state index is 0.0763. The molecular weight excluding hydrogens is 246 g/mol. The smallest absolute Gasteiger partial charge is 0.325 e. The summed E-state index contributed by atoms with van der Waals surface area (Å²) < 4.78 is 10.2. The van der Waals surface area contributed by atoms with Crippen LogP contribution in [0.4, 0.5) is 0 Å². The molecule has 1 aromatic carbocycles. The van der Waals surface area contributed by atoms with Crippen LogP contribution in [-0.2, 0) is 9.53 Å². The van der Waals surface area contributed by atoms with E-state index in [1.54, 1.807) is 38.2 Å². The Balaban J connectivity index is 2.79. The van der Waals surface area contributed by atoms with Crippen LogP contribution in [-0.4, -0.2) is 43.6 Å². The highest BCUT2D eigenvalue weighted by atomic mass is 16.5. The lowest BCUT2D eigenvalue weighted by molar-refractivity contribution is -0.143. The van der Waals surface area contributed by atoms with Gasteiger partial charge in [0.2, 0.25) is 0 Å². The molecule has 0 spiro atoms. The Morgan fingerprint density at radius 3 is 2.47 bits per heavy atom. The van der Waals surface area contributed by atoms with Crippen LogP contribution in [0.15, 0.2) is 24.3 Å². The van der Waals surface area contributed by atoms with E-state index in [9.17, 15) is 9.59 Å². The summed E-state index contributed by atoms with van der Waals surface area (Å²) in [4.78, 5) is 24.9. The fraction of sp³-hybridized carbons (Fsp3) is 0.429. The van der Waals surface area contributed by atoms with Gasteiger partial charge in [0.25, 0.3) is 5.91 Å². The second-order valence-corrected chi connectivity index (χ2v) is 3.90. The summed E-state index contributed by atoms with van der Waals surface area (Å²) in [5, 5.41) is 0. The van der Waals surface area contributed by atoms with Gasteiger partial charge in [-0.25, -0.2) is 0 Å². The third-order valence-corrected chi connectivity index (χ3v) is 2.44. The molecule has 5 nitrogen and oxygen atoms in total. The third-order valence-electron chi connectivity index (χ3n) is 2.44. The SMILES string of the molecule is CCOC(=O)CN(C)C(=O)c1ccccc1OCC. The standard InChI is InChI=1S/C14H19NO4/c1-4-18-12-9-7-6-8-11(12)14(17)15(3)10-13(16)19-5-2/h6-9H,4-5,10H2,1-3H3. The summed E-state index contributed by atoms with van der Waals surface area (Å²) in [6.45, 7) is 4.28. The first kappa shape index (κ1) is 15.0. The van der Waals surface area contributed by atoms with Gasteiger partial charge in [0.1, 0.15) is 12.3 Å². The number of nitrogens with zero attached hydrogens (tertiary/aromatic N) is 1. The zero-order valence-electron chi connectivity index (χ0n) is 11.5. The minimum atomic E-state index is -0.424. The largest absolute Gasteiger partial charge is 0.493 e. The van der Waals surface area contributed by atoms with Crippen LogP contribution in [0.1, 0.15) is 24.2 Å². The molecule has 0 aliphatic rings. The molecular formula is C14H19NO4. The van der Waals surface area contributed by atoms with E-state index in [1.165, 1.54) is 4.90 Å². The van der Waals surface area contributed by atoms with E-state index < -0.39 is 5.97 Å². The molecule has 1 rings (SSSR count). The van der Waals surface area contributed by atoms with Crippen molar-refractivity contribution in [3.05, 3.63) is 29.8 Å². The van der Waals surface area contributed by atoms with Gasteiger partial charge >= 0.3 is 5.97 Å². The van der Waals surface area contributed by atoms with Crippen LogP contribution in [0.25, 0.3) is 0 Å². The van der Waals surface area contributed by atoms with E-state index in [2.05, 4.69) is 0 Å². The summed E-state index contributed by atoms with van der Waals surface area (Å²) in [5.74, 6) is -0.171. The number of hydrogen-bond acceptors (Lipinski definition) is 4. The first-order valence-electron chi connectivity index (χ1n) is 6.23. The normalized spacial score (nSPS) is 9.84. The predicted octanol–water partition coefficient (Wildman–Crippen LogP) is 1.72. The molecule has 1 aromatic rings. The minimum Gasteiger partial charge on any atom is -0.493 e. The number of amides is 1. The quantitative estimate of drug-likeness (QED) is 0.735. The number of ether oxygens (including phenoxy) is 2. The third kappa shape index (κ3) is 4.28. The van der Waals surface area contributed by atoms with E-state index in [1.807, 2.05) is 6.92 Å². The molecule has 0 fully saturated rings. The molecule has 0 heterocycles. The zero-order valence-corrected chi connectivity index (χ0v) is 11.5. The van der Waals surface area contributed by atoms with E-state index in [0.717, 1.165) is 0 Å². The summed E-state index contributed by atoms with van der Waals surface area (Å²) in [5.41, 5.74) is 0.441. The summed E-state index contributed by atoms with van der Waals surface area (Å²) in [6.07, 6.45) is 0. The van der Waals surface area contributed by atoms with Gasteiger partial charge in [-0.1, -0.05) is 12.1 Å². The van der Waals surface area contributed by atoms with Gasteiger partial charge in [0.15, 0.2) is 0 Å². The summed E-state index contributed by atoms with van der Waals surface area (Å²) >= 11 is 0. The van der Waals surface area contributed by atoms with Crippen molar-refractivity contribution in [2.45, 2.75) is 13.8 Å². The number of rotatable bonds is 6. The topological polar surface area (TPSA) is 55.8 Å². The van der Waals surface area contributed by atoms with Crippen LogP contribution in [0.2, 0.25) is 0 Å². The lowest BCUT2D eigenvalue weighted by Crippen LogP contribution is -2.33. The van der Waals surface area contributed by atoms with Gasteiger partial charge in [-0.2, -0.15) is 0 Å². The van der Waals surface area contributed by atoms with Crippen molar-refractivity contribution in [2.75, 3.05) is 26.8 Å². The maximum atomic E-state index is 12.2. The zero-order chi connectivity index (χ0) is 14.3. The Morgan fingerprint density at radius 1 is 1.16 bits per heavy atom. The van der Waals surface area contributed by atoms with Crippen molar-refractivity contribution in [2.24, 2.45) is 0 Å². The maximum absolute atomic E-state index is 12.2. The molecule has 19 heavy (non-hydrogen) atoms. The van der Waals surface area contributed by atoms with Gasteiger partial charge in [-0.15, -0.1) is 0 Å². The van der Waals surface area contributed by atoms with Gasteiger partial charge in [-0.3, -0.25) is 9.59 Å². The van der Waals surface area contributed by atoms with E-state index in [4.69, 9.17) is 9.47 Å². The number of likely N-dealkylation sites (N-methyl/N-ethyl adjacent to an activating group) is 1. The van der Waals surface area contributed by atoms with E-state index >= 15 is 0 Å². The van der Waals surface area contributed by atoms with E-state index in [0.29, 0.717) is 24.5 Å². The molecule has 1 amide bonds. The molecule has 0 saturated carbocycles. The Kier molecular flexibility index (Phi) is 5.85. The van der Waals surface area contributed by atoms with Crippen molar-refractivity contribution in [1.29, 1.82) is 0 Å². The first-order chi connectivity index (χ1) is 9.10. The first-order valence-corrected chi connectivity index (χ1v) is 6.23. The highest BCUT2D eigenvalue weighted by Gasteiger charge is 2.18. The molecule has 0 unspecified atom stereocenters. The number of esters is 1. The number of carbonyl (C=O) groups is 2. The molecule has 0 atom stereocenters. The van der Waals surface area contributed by atoms with Crippen molar-refractivity contribution in [1.82, 2.24) is 4.90 Å². The Bertz CT molecular complexity index is 445. The van der Waals surface area contributed by atoms with Crippen molar-refractivity contribution in [3.8, 4) is 5.75 Å². The van der Waals surface area contributed by atoms with Crippen LogP contribution < -0.4 is 4.74 Å². The molecule has 104 valence electrons. The molecule has 0 aliphatic heterocycles. The lowest BCUT2D eigenvalue weighted by Gasteiger charge is -2.18. The second-order valence-electron chi connectivity index (χ2n) is 3.90. The van der Waals surface area contributed by atoms with E-state index in [-0.39, 0.29) is 12.5 Å². The van der Waals surface area contributed by atoms with Gasteiger partial charge < -0.3 is 14.4 Å². The average Bonchev–Trinajstić information content (AvgIpc) is 2.39. The fourth-order valence-electron chi connectivity index (χ4n) is 1.60. The molecule has 0 radical (unpaired) electrons. The molecule has 0 aliphatic carbocycles. The molecule has 5 heteroatoms. The monoisotopic (exact) mass is 265 g/mol. The molecule has 0 N–H and O–H groups in total. The van der Waals surface area contributed by atoms with Crippen LogP contribution >= 0.6 is 0 Å². The Labute approximate surface area is 113 Å². The number of hydrogen-bond donors (Lipinski definition) is 0. The summed E-state index contributed by atoms with van der Waals surface area (Å²) in [6, 6.07) is 6.96. The molecule has 0 aromatic heterocycles. The van der Waals surface area contributed by atoms with Crippen molar-refractivity contribution in [3.63, 3.8) is 0 Å².